The second-order valence-electron chi connectivity index (χ2n) is 7.40. The van der Waals surface area contributed by atoms with E-state index in [1.54, 1.807) is 0 Å². The summed E-state index contributed by atoms with van der Waals surface area (Å²) in [7, 11) is 0. The zero-order chi connectivity index (χ0) is 19.9. The van der Waals surface area contributed by atoms with Crippen molar-refractivity contribution in [1.82, 2.24) is 10.2 Å². The second kappa shape index (κ2) is 9.35. The number of hydrogen-bond acceptors (Lipinski definition) is 2. The Labute approximate surface area is 172 Å². The third-order valence-electron chi connectivity index (χ3n) is 5.38. The van der Waals surface area contributed by atoms with E-state index < -0.39 is 0 Å². The van der Waals surface area contributed by atoms with Gasteiger partial charge in [0.2, 0.25) is 5.91 Å². The Balaban J connectivity index is 1.41. The van der Waals surface area contributed by atoms with Gasteiger partial charge in [-0.1, -0.05) is 97.1 Å². The monoisotopic (exact) mass is 382 g/mol. The summed E-state index contributed by atoms with van der Waals surface area (Å²) in [5.41, 5.74) is 4.84. The van der Waals surface area contributed by atoms with Gasteiger partial charge in [0.25, 0.3) is 0 Å². The molecule has 0 aliphatic carbocycles. The first kappa shape index (κ1) is 19.2. The summed E-state index contributed by atoms with van der Waals surface area (Å²) < 4.78 is 0. The summed E-state index contributed by atoms with van der Waals surface area (Å²) in [6.45, 7) is 2.11. The normalized spacial score (nSPS) is 14.4. The van der Waals surface area contributed by atoms with Crippen molar-refractivity contribution in [3.05, 3.63) is 114 Å². The molecule has 1 amide bonds. The molecule has 146 valence electrons. The van der Waals surface area contributed by atoms with Crippen molar-refractivity contribution in [2.45, 2.75) is 12.5 Å². The quantitative estimate of drug-likeness (QED) is 0.671. The van der Waals surface area contributed by atoms with Gasteiger partial charge in [-0.05, 0) is 28.7 Å². The predicted molar refractivity (Wildman–Crippen MR) is 118 cm³/mol. The summed E-state index contributed by atoms with van der Waals surface area (Å²) in [4.78, 5) is 15.0. The van der Waals surface area contributed by atoms with Crippen molar-refractivity contribution >= 4 is 11.5 Å². The lowest BCUT2D eigenvalue weighted by atomic mass is 9.98. The molecule has 0 atom stereocenters. The van der Waals surface area contributed by atoms with E-state index in [0.29, 0.717) is 6.54 Å². The zero-order valence-electron chi connectivity index (χ0n) is 16.5. The zero-order valence-corrected chi connectivity index (χ0v) is 16.5. The molecule has 3 nitrogen and oxygen atoms in total. The maximum absolute atomic E-state index is 12.8. The van der Waals surface area contributed by atoms with E-state index in [0.717, 1.165) is 30.6 Å². The summed E-state index contributed by atoms with van der Waals surface area (Å²) in [6.07, 6.45) is 3.22. The molecule has 0 spiro atoms. The van der Waals surface area contributed by atoms with Gasteiger partial charge in [-0.15, -0.1) is 0 Å². The number of nitrogens with one attached hydrogen (secondary N) is 1. The molecule has 0 aromatic heterocycles. The van der Waals surface area contributed by atoms with Crippen LogP contribution in [0.5, 0.6) is 0 Å². The van der Waals surface area contributed by atoms with Crippen LogP contribution in [0.4, 0.5) is 0 Å². The minimum absolute atomic E-state index is 0.0549. The summed E-state index contributed by atoms with van der Waals surface area (Å²) in [6, 6.07) is 30.7. The number of rotatable bonds is 6. The number of carbonyl (C=O) groups excluding carboxylic acids is 1. The minimum atomic E-state index is -0.134. The number of nitrogens with zero attached hydrogens (tertiary/aromatic N) is 1. The van der Waals surface area contributed by atoms with Gasteiger partial charge in [0, 0.05) is 13.1 Å². The number of benzene rings is 3. The molecule has 0 saturated carbocycles. The molecule has 0 bridgehead atoms. The molecule has 3 heteroatoms. The van der Waals surface area contributed by atoms with Crippen molar-refractivity contribution in [2.75, 3.05) is 19.6 Å². The maximum Gasteiger partial charge on any atom is 0.234 e. The van der Waals surface area contributed by atoms with E-state index in [1.807, 2.05) is 42.5 Å². The van der Waals surface area contributed by atoms with Crippen molar-refractivity contribution in [2.24, 2.45) is 0 Å². The Bertz CT molecular complexity index is 912. The van der Waals surface area contributed by atoms with Gasteiger partial charge >= 0.3 is 0 Å². The Hall–Kier alpha value is -3.17. The second-order valence-corrected chi connectivity index (χ2v) is 7.40. The van der Waals surface area contributed by atoms with E-state index in [-0.39, 0.29) is 11.9 Å². The highest BCUT2D eigenvalue weighted by molar-refractivity contribution is 5.79. The predicted octanol–water partition coefficient (Wildman–Crippen LogP) is 4.68. The van der Waals surface area contributed by atoms with E-state index in [2.05, 4.69) is 64.8 Å². The van der Waals surface area contributed by atoms with Gasteiger partial charge in [-0.25, -0.2) is 0 Å². The van der Waals surface area contributed by atoms with E-state index in [1.165, 1.54) is 11.1 Å². The fraction of sp³-hybridized carbons (Fsp3) is 0.192. The first-order valence-corrected chi connectivity index (χ1v) is 10.2. The molecule has 1 aliphatic heterocycles. The highest BCUT2D eigenvalue weighted by Gasteiger charge is 2.20. The van der Waals surface area contributed by atoms with E-state index in [4.69, 9.17) is 0 Å². The first-order valence-electron chi connectivity index (χ1n) is 10.2. The molecular weight excluding hydrogens is 356 g/mol. The molecule has 1 N–H and O–H groups in total. The molecule has 0 unspecified atom stereocenters. The van der Waals surface area contributed by atoms with Crippen LogP contribution < -0.4 is 5.32 Å². The van der Waals surface area contributed by atoms with Crippen molar-refractivity contribution in [3.8, 4) is 0 Å². The molecule has 29 heavy (non-hydrogen) atoms. The van der Waals surface area contributed by atoms with Crippen molar-refractivity contribution < 1.29 is 4.79 Å². The molecule has 3 aromatic carbocycles. The Morgan fingerprint density at radius 3 is 1.90 bits per heavy atom. The van der Waals surface area contributed by atoms with Crippen LogP contribution in [0.2, 0.25) is 0 Å². The standard InChI is InChI=1S/C26H26N2O/c29-25(20-28-18-16-22(17-19-28)21-10-4-1-5-11-21)27-26(23-12-6-2-7-13-23)24-14-8-3-9-15-24/h1-16,26H,17-20H2,(H,27,29). The number of amides is 1. The van der Waals surface area contributed by atoms with Crippen LogP contribution in [-0.2, 0) is 4.79 Å². The molecule has 0 fully saturated rings. The van der Waals surface area contributed by atoms with Gasteiger partial charge in [0.15, 0.2) is 0 Å². The fourth-order valence-corrected chi connectivity index (χ4v) is 3.83. The molecule has 4 rings (SSSR count). The first-order chi connectivity index (χ1) is 14.3. The van der Waals surface area contributed by atoms with Crippen LogP contribution >= 0.6 is 0 Å². The third kappa shape index (κ3) is 5.01. The lowest BCUT2D eigenvalue weighted by molar-refractivity contribution is -0.122. The average molecular weight is 383 g/mol. The molecule has 1 heterocycles. The van der Waals surface area contributed by atoms with E-state index in [9.17, 15) is 4.79 Å². The van der Waals surface area contributed by atoms with Gasteiger partial charge in [-0.3, -0.25) is 9.69 Å². The highest BCUT2D eigenvalue weighted by Crippen LogP contribution is 2.23. The molecular formula is C26H26N2O. The largest absolute Gasteiger partial charge is 0.344 e. The van der Waals surface area contributed by atoms with Crippen LogP contribution in [0.25, 0.3) is 5.57 Å². The summed E-state index contributed by atoms with van der Waals surface area (Å²) in [5, 5.41) is 3.24. The Kier molecular flexibility index (Phi) is 6.18. The Morgan fingerprint density at radius 2 is 1.38 bits per heavy atom. The van der Waals surface area contributed by atoms with Crippen molar-refractivity contribution in [1.29, 1.82) is 0 Å². The lowest BCUT2D eigenvalue weighted by Crippen LogP contribution is -2.40. The lowest BCUT2D eigenvalue weighted by Gasteiger charge is -2.27. The van der Waals surface area contributed by atoms with Crippen LogP contribution in [0.1, 0.15) is 29.2 Å². The third-order valence-corrected chi connectivity index (χ3v) is 5.38. The molecule has 3 aromatic rings. The fourth-order valence-electron chi connectivity index (χ4n) is 3.83. The topological polar surface area (TPSA) is 32.3 Å². The molecule has 1 aliphatic rings. The number of hydrogen-bond donors (Lipinski definition) is 1. The highest BCUT2D eigenvalue weighted by atomic mass is 16.2. The van der Waals surface area contributed by atoms with Gasteiger partial charge in [0.1, 0.15) is 0 Å². The van der Waals surface area contributed by atoms with Crippen LogP contribution in [-0.4, -0.2) is 30.4 Å². The van der Waals surface area contributed by atoms with Gasteiger partial charge in [0.05, 0.1) is 12.6 Å². The Morgan fingerprint density at radius 1 is 0.828 bits per heavy atom. The SMILES string of the molecule is O=C(CN1CC=C(c2ccccc2)CC1)NC(c1ccccc1)c1ccccc1. The van der Waals surface area contributed by atoms with Crippen LogP contribution in [0.3, 0.4) is 0 Å². The number of carbonyl (C=O) groups is 1. The average Bonchev–Trinajstić information content (AvgIpc) is 2.80. The maximum atomic E-state index is 12.8. The van der Waals surface area contributed by atoms with E-state index >= 15 is 0 Å². The van der Waals surface area contributed by atoms with Crippen LogP contribution in [0.15, 0.2) is 97.1 Å². The summed E-state index contributed by atoms with van der Waals surface area (Å²) in [5.74, 6) is 0.0549. The molecule has 0 radical (unpaired) electrons. The van der Waals surface area contributed by atoms with Crippen molar-refractivity contribution in [3.63, 3.8) is 0 Å². The smallest absolute Gasteiger partial charge is 0.234 e. The van der Waals surface area contributed by atoms with Crippen LogP contribution in [0, 0.1) is 0 Å². The summed E-state index contributed by atoms with van der Waals surface area (Å²) >= 11 is 0. The molecule has 0 saturated heterocycles. The minimum Gasteiger partial charge on any atom is -0.344 e. The van der Waals surface area contributed by atoms with Gasteiger partial charge in [-0.2, -0.15) is 0 Å². The van der Waals surface area contributed by atoms with Gasteiger partial charge < -0.3 is 5.32 Å².